The Kier molecular flexibility index (Phi) is 3.99. The first-order valence-electron chi connectivity index (χ1n) is 6.55. The first-order chi connectivity index (χ1) is 7.83. The lowest BCUT2D eigenvalue weighted by Crippen LogP contribution is -2.16. The molecule has 1 aromatic heterocycles. The number of nitrogens with one attached hydrogen (secondary N) is 1. The molecule has 2 heterocycles. The lowest BCUT2D eigenvalue weighted by atomic mass is 10.0. The Morgan fingerprint density at radius 3 is 3.19 bits per heavy atom. The van der Waals surface area contributed by atoms with Crippen LogP contribution in [-0.2, 0) is 0 Å². The lowest BCUT2D eigenvalue weighted by Gasteiger charge is -2.21. The first-order valence-corrected chi connectivity index (χ1v) is 6.55. The van der Waals surface area contributed by atoms with Gasteiger partial charge in [-0.15, -0.1) is 0 Å². The van der Waals surface area contributed by atoms with Gasteiger partial charge in [-0.3, -0.25) is 0 Å². The fraction of sp³-hybridized carbons (Fsp3) is 0.769. The zero-order valence-electron chi connectivity index (χ0n) is 10.4. The van der Waals surface area contributed by atoms with Crippen LogP contribution in [0.4, 0.5) is 0 Å². The van der Waals surface area contributed by atoms with E-state index in [0.29, 0.717) is 12.0 Å². The molecule has 1 aliphatic rings. The van der Waals surface area contributed by atoms with Gasteiger partial charge in [-0.2, -0.15) is 0 Å². The van der Waals surface area contributed by atoms with Crippen molar-refractivity contribution in [1.82, 2.24) is 14.9 Å². The topological polar surface area (TPSA) is 29.9 Å². The molecule has 1 fully saturated rings. The van der Waals surface area contributed by atoms with Crippen LogP contribution in [-0.4, -0.2) is 22.6 Å². The van der Waals surface area contributed by atoms with Gasteiger partial charge in [0, 0.05) is 17.9 Å². The number of hydrogen-bond donors (Lipinski definition) is 1. The van der Waals surface area contributed by atoms with Gasteiger partial charge in [0.05, 0.1) is 6.33 Å². The van der Waals surface area contributed by atoms with Crippen molar-refractivity contribution < 1.29 is 0 Å². The van der Waals surface area contributed by atoms with Gasteiger partial charge >= 0.3 is 0 Å². The number of rotatable bonds is 3. The maximum atomic E-state index is 4.34. The van der Waals surface area contributed by atoms with Gasteiger partial charge in [-0.1, -0.05) is 13.8 Å². The minimum atomic E-state index is 0.624. The van der Waals surface area contributed by atoms with Crippen LogP contribution >= 0.6 is 0 Å². The summed E-state index contributed by atoms with van der Waals surface area (Å²) in [6.45, 7) is 6.85. The third kappa shape index (κ3) is 2.46. The average Bonchev–Trinajstić information content (AvgIpc) is 2.64. The van der Waals surface area contributed by atoms with E-state index in [1.165, 1.54) is 37.9 Å². The SMILES string of the molecule is CCC(C)c1cncn1C1CCCNCC1. The molecule has 1 aliphatic heterocycles. The van der Waals surface area contributed by atoms with E-state index in [1.54, 1.807) is 0 Å². The van der Waals surface area contributed by atoms with E-state index in [4.69, 9.17) is 0 Å². The van der Waals surface area contributed by atoms with Gasteiger partial charge in [0.2, 0.25) is 0 Å². The van der Waals surface area contributed by atoms with Crippen LogP contribution in [0.5, 0.6) is 0 Å². The first kappa shape index (κ1) is 11.6. The molecule has 0 radical (unpaired) electrons. The third-order valence-corrected chi connectivity index (χ3v) is 3.75. The Morgan fingerprint density at radius 2 is 2.38 bits per heavy atom. The summed E-state index contributed by atoms with van der Waals surface area (Å²) in [6.07, 6.45) is 9.07. The highest BCUT2D eigenvalue weighted by molar-refractivity contribution is 5.06. The van der Waals surface area contributed by atoms with E-state index in [-0.39, 0.29) is 0 Å². The zero-order valence-corrected chi connectivity index (χ0v) is 10.4. The highest BCUT2D eigenvalue weighted by Crippen LogP contribution is 2.26. The summed E-state index contributed by atoms with van der Waals surface area (Å²) in [5.74, 6) is 0.624. The highest BCUT2D eigenvalue weighted by atomic mass is 15.1. The molecular weight excluding hydrogens is 198 g/mol. The molecule has 2 unspecified atom stereocenters. The van der Waals surface area contributed by atoms with E-state index in [1.807, 2.05) is 12.5 Å². The lowest BCUT2D eigenvalue weighted by molar-refractivity contribution is 0.431. The van der Waals surface area contributed by atoms with Crippen molar-refractivity contribution >= 4 is 0 Å². The van der Waals surface area contributed by atoms with Gasteiger partial charge in [0.15, 0.2) is 0 Å². The zero-order chi connectivity index (χ0) is 11.4. The monoisotopic (exact) mass is 221 g/mol. The molecule has 2 atom stereocenters. The maximum Gasteiger partial charge on any atom is 0.0950 e. The molecule has 0 saturated carbocycles. The Morgan fingerprint density at radius 1 is 1.50 bits per heavy atom. The van der Waals surface area contributed by atoms with Crippen LogP contribution in [0.3, 0.4) is 0 Å². The molecule has 3 nitrogen and oxygen atoms in total. The molecule has 0 amide bonds. The molecule has 0 aliphatic carbocycles. The number of hydrogen-bond acceptors (Lipinski definition) is 2. The number of imidazole rings is 1. The summed E-state index contributed by atoms with van der Waals surface area (Å²) in [6, 6.07) is 0.654. The largest absolute Gasteiger partial charge is 0.331 e. The standard InChI is InChI=1S/C13H23N3/c1-3-11(2)13-9-15-10-16(13)12-5-4-7-14-8-6-12/h9-12,14H,3-8H2,1-2H3. The molecule has 0 bridgehead atoms. The minimum absolute atomic E-state index is 0.624. The molecule has 1 saturated heterocycles. The molecular formula is C13H23N3. The van der Waals surface area contributed by atoms with Gasteiger partial charge in [-0.25, -0.2) is 4.98 Å². The second-order valence-electron chi connectivity index (χ2n) is 4.87. The Bertz CT molecular complexity index is 311. The van der Waals surface area contributed by atoms with E-state index in [0.717, 1.165) is 6.54 Å². The van der Waals surface area contributed by atoms with E-state index >= 15 is 0 Å². The van der Waals surface area contributed by atoms with Crippen LogP contribution in [0.1, 0.15) is 57.2 Å². The van der Waals surface area contributed by atoms with Gasteiger partial charge in [0.1, 0.15) is 0 Å². The van der Waals surface area contributed by atoms with Crippen LogP contribution in [0, 0.1) is 0 Å². The highest BCUT2D eigenvalue weighted by Gasteiger charge is 2.18. The molecule has 1 N–H and O–H groups in total. The average molecular weight is 221 g/mol. The fourth-order valence-corrected chi connectivity index (χ4v) is 2.49. The Labute approximate surface area is 98.3 Å². The van der Waals surface area contributed by atoms with Crippen LogP contribution < -0.4 is 5.32 Å². The van der Waals surface area contributed by atoms with Gasteiger partial charge in [0.25, 0.3) is 0 Å². The second kappa shape index (κ2) is 5.48. The van der Waals surface area contributed by atoms with Crippen molar-refractivity contribution in [3.05, 3.63) is 18.2 Å². The molecule has 2 rings (SSSR count). The van der Waals surface area contributed by atoms with Crippen molar-refractivity contribution in [3.8, 4) is 0 Å². The quantitative estimate of drug-likeness (QED) is 0.850. The summed E-state index contributed by atoms with van der Waals surface area (Å²) >= 11 is 0. The smallest absolute Gasteiger partial charge is 0.0950 e. The van der Waals surface area contributed by atoms with Crippen LogP contribution in [0.25, 0.3) is 0 Å². The number of aromatic nitrogens is 2. The fourth-order valence-electron chi connectivity index (χ4n) is 2.49. The van der Waals surface area contributed by atoms with Gasteiger partial charge < -0.3 is 9.88 Å². The van der Waals surface area contributed by atoms with Crippen molar-refractivity contribution in [2.45, 2.75) is 51.5 Å². The predicted octanol–water partition coefficient (Wildman–Crippen LogP) is 2.71. The van der Waals surface area contributed by atoms with Crippen molar-refractivity contribution in [1.29, 1.82) is 0 Å². The Hall–Kier alpha value is -0.830. The molecule has 3 heteroatoms. The second-order valence-corrected chi connectivity index (χ2v) is 4.87. The van der Waals surface area contributed by atoms with E-state index in [9.17, 15) is 0 Å². The summed E-state index contributed by atoms with van der Waals surface area (Å²) in [4.78, 5) is 4.34. The molecule has 1 aromatic rings. The Balaban J connectivity index is 2.15. The van der Waals surface area contributed by atoms with Crippen molar-refractivity contribution in [3.63, 3.8) is 0 Å². The third-order valence-electron chi connectivity index (χ3n) is 3.75. The maximum absolute atomic E-state index is 4.34. The van der Waals surface area contributed by atoms with Gasteiger partial charge in [-0.05, 0) is 44.7 Å². The van der Waals surface area contributed by atoms with Crippen LogP contribution in [0.2, 0.25) is 0 Å². The van der Waals surface area contributed by atoms with E-state index in [2.05, 4.69) is 28.7 Å². The minimum Gasteiger partial charge on any atom is -0.331 e. The normalized spacial score (nSPS) is 24.0. The summed E-state index contributed by atoms with van der Waals surface area (Å²) in [5.41, 5.74) is 1.41. The van der Waals surface area contributed by atoms with Crippen molar-refractivity contribution in [2.24, 2.45) is 0 Å². The molecule has 0 aromatic carbocycles. The summed E-state index contributed by atoms with van der Waals surface area (Å²) < 4.78 is 2.42. The van der Waals surface area contributed by atoms with E-state index < -0.39 is 0 Å². The molecule has 16 heavy (non-hydrogen) atoms. The summed E-state index contributed by atoms with van der Waals surface area (Å²) in [7, 11) is 0. The molecule has 90 valence electrons. The predicted molar refractivity (Wildman–Crippen MR) is 66.7 cm³/mol. The molecule has 0 spiro atoms. The number of nitrogens with zero attached hydrogens (tertiary/aromatic N) is 2. The summed E-state index contributed by atoms with van der Waals surface area (Å²) in [5, 5.41) is 3.47. The van der Waals surface area contributed by atoms with Crippen LogP contribution in [0.15, 0.2) is 12.5 Å². The van der Waals surface area contributed by atoms with Crippen molar-refractivity contribution in [2.75, 3.05) is 13.1 Å².